The molecule has 16 nitrogen and oxygen atoms in total. The van der Waals surface area contributed by atoms with E-state index in [1.807, 2.05) is 22.6 Å². The van der Waals surface area contributed by atoms with Crippen molar-refractivity contribution in [1.82, 2.24) is 29.6 Å². The van der Waals surface area contributed by atoms with Crippen LogP contribution in [-0.4, -0.2) is 78.3 Å². The third-order valence-corrected chi connectivity index (χ3v) is 10.4. The van der Waals surface area contributed by atoms with Gasteiger partial charge in [0.25, 0.3) is 0 Å². The van der Waals surface area contributed by atoms with Crippen LogP contribution in [0.4, 0.5) is 14.7 Å². The largest absolute Gasteiger partial charge is 0.479 e. The topological polar surface area (TPSA) is 215 Å². The van der Waals surface area contributed by atoms with Crippen molar-refractivity contribution in [1.29, 1.82) is 0 Å². The summed E-state index contributed by atoms with van der Waals surface area (Å²) in [5.41, 5.74) is 4.68. The Balaban J connectivity index is 1.25. The zero-order valence-electron chi connectivity index (χ0n) is 27.1. The van der Waals surface area contributed by atoms with E-state index in [-0.39, 0.29) is 38.1 Å². The van der Waals surface area contributed by atoms with Gasteiger partial charge in [-0.15, -0.1) is 0 Å². The van der Waals surface area contributed by atoms with Crippen molar-refractivity contribution >= 4 is 64.3 Å². The van der Waals surface area contributed by atoms with E-state index in [1.54, 1.807) is 30.5 Å². The van der Waals surface area contributed by atoms with Crippen LogP contribution in [0.2, 0.25) is 0 Å². The zero-order valence-corrected chi connectivity index (χ0v) is 30.1. The Bertz CT molecular complexity index is 2150. The lowest BCUT2D eigenvalue weighted by atomic mass is 9.96. The van der Waals surface area contributed by atoms with Gasteiger partial charge in [-0.1, -0.05) is 6.07 Å². The second kappa shape index (κ2) is 14.5. The summed E-state index contributed by atoms with van der Waals surface area (Å²) in [6, 6.07) is 9.57. The number of ether oxygens (including phenoxy) is 3. The Kier molecular flexibility index (Phi) is 10.4. The van der Waals surface area contributed by atoms with Crippen LogP contribution in [0.25, 0.3) is 22.1 Å². The number of halogens is 3. The maximum absolute atomic E-state index is 14.4. The number of carbonyl (C=O) groups is 1. The van der Waals surface area contributed by atoms with Gasteiger partial charge in [-0.05, 0) is 50.2 Å². The molecule has 5 aromatic rings. The number of pyridine rings is 1. The number of esters is 1. The van der Waals surface area contributed by atoms with Gasteiger partial charge in [0.1, 0.15) is 47.8 Å². The third kappa shape index (κ3) is 7.46. The van der Waals surface area contributed by atoms with Crippen molar-refractivity contribution in [2.75, 3.05) is 19.5 Å². The van der Waals surface area contributed by atoms with E-state index in [0.29, 0.717) is 17.0 Å². The van der Waals surface area contributed by atoms with Gasteiger partial charge in [-0.25, -0.2) is 18.3 Å². The monoisotopic (exact) mass is 841 g/mol. The van der Waals surface area contributed by atoms with Crippen LogP contribution in [0.1, 0.15) is 25.6 Å². The first kappa shape index (κ1) is 36.7. The number of carbonyl (C=O) groups excluding carboxylic acids is 1. The average molecular weight is 842 g/mol. The number of nitrogen functional groups attached to an aromatic ring is 1. The van der Waals surface area contributed by atoms with Crippen LogP contribution in [0.3, 0.4) is 0 Å². The molecule has 1 aliphatic rings. The maximum atomic E-state index is 14.4. The molecular weight excluding hydrogens is 810 g/mol. The molecule has 1 fully saturated rings. The fraction of sp³-hybridized carbons (Fsp3) is 0.323. The number of nitrogens with zero attached hydrogens (tertiary/aromatic N) is 5. The molecule has 0 saturated carbocycles. The molecule has 1 aliphatic heterocycles. The molecule has 0 spiro atoms. The molecule has 51 heavy (non-hydrogen) atoms. The summed E-state index contributed by atoms with van der Waals surface area (Å²) in [7, 11) is -3.21. The van der Waals surface area contributed by atoms with E-state index in [4.69, 9.17) is 29.0 Å². The minimum absolute atomic E-state index is 0.0776. The van der Waals surface area contributed by atoms with Crippen LogP contribution in [-0.2, 0) is 30.0 Å². The van der Waals surface area contributed by atoms with Crippen molar-refractivity contribution in [2.24, 2.45) is 0 Å². The number of aliphatic hydroxyl groups is 2. The molecule has 0 bridgehead atoms. The molecule has 1 unspecified atom stereocenters. The number of fused-ring (bicyclic) bond motifs is 2. The SMILES string of the molecule is COc1nc(N)nc2c1nc(I)n2[C@@H]1O[C@H](COP(=O)(N[C@@H](C)C(=O)OCc2ccc(F)cc2F)Oc2cccc3ncccc23)[C@@H](O)[C@@]1(C)O. The van der Waals surface area contributed by atoms with E-state index in [1.165, 1.54) is 31.6 Å². The van der Waals surface area contributed by atoms with Crippen molar-refractivity contribution in [2.45, 2.75) is 50.5 Å². The Hall–Kier alpha value is -4.11. The molecule has 0 radical (unpaired) electrons. The number of methoxy groups -OCH3 is 1. The fourth-order valence-electron chi connectivity index (χ4n) is 5.39. The summed E-state index contributed by atoms with van der Waals surface area (Å²) >= 11 is 1.89. The van der Waals surface area contributed by atoms with Gasteiger partial charge in [0.15, 0.2) is 21.2 Å². The number of imidazole rings is 1. The van der Waals surface area contributed by atoms with E-state index >= 15 is 0 Å². The minimum Gasteiger partial charge on any atom is -0.479 e. The van der Waals surface area contributed by atoms with Gasteiger partial charge in [0, 0.05) is 45.8 Å². The first-order valence-electron chi connectivity index (χ1n) is 15.2. The number of aliphatic hydroxyl groups excluding tert-OH is 1. The normalized spacial score (nSPS) is 22.2. The smallest absolute Gasteiger partial charge is 0.459 e. The summed E-state index contributed by atoms with van der Waals surface area (Å²) in [6.07, 6.45) is -2.70. The average Bonchev–Trinajstić information content (AvgIpc) is 3.52. The number of anilines is 1. The quantitative estimate of drug-likeness (QED) is 0.0609. The third-order valence-electron chi connectivity index (χ3n) is 7.99. The summed E-state index contributed by atoms with van der Waals surface area (Å²) < 4.78 is 71.8. The number of aromatic nitrogens is 5. The number of nitrogens with one attached hydrogen (secondary N) is 1. The lowest BCUT2D eigenvalue weighted by molar-refractivity contribution is -0.146. The second-order valence-corrected chi connectivity index (χ2v) is 14.3. The lowest BCUT2D eigenvalue weighted by Gasteiger charge is -2.28. The molecule has 0 aliphatic carbocycles. The van der Waals surface area contributed by atoms with Crippen LogP contribution < -0.4 is 20.1 Å². The molecule has 6 atom stereocenters. The molecular formula is C31H31F2IN7O9P. The number of rotatable bonds is 12. The molecule has 1 saturated heterocycles. The van der Waals surface area contributed by atoms with E-state index in [2.05, 4.69) is 25.0 Å². The van der Waals surface area contributed by atoms with Crippen LogP contribution in [0.5, 0.6) is 11.6 Å². The van der Waals surface area contributed by atoms with Gasteiger partial charge in [-0.2, -0.15) is 15.1 Å². The number of nitrogens with two attached hydrogens (primary N) is 1. The predicted molar refractivity (Wildman–Crippen MR) is 184 cm³/mol. The summed E-state index contributed by atoms with van der Waals surface area (Å²) in [6.45, 7) is 1.46. The molecule has 4 heterocycles. The van der Waals surface area contributed by atoms with Crippen molar-refractivity contribution in [3.63, 3.8) is 0 Å². The zero-order chi connectivity index (χ0) is 36.7. The van der Waals surface area contributed by atoms with Crippen molar-refractivity contribution in [3.05, 3.63) is 75.8 Å². The molecule has 0 amide bonds. The maximum Gasteiger partial charge on any atom is 0.459 e. The lowest BCUT2D eigenvalue weighted by Crippen LogP contribution is -2.45. The first-order chi connectivity index (χ1) is 24.2. The molecule has 270 valence electrons. The molecule has 6 rings (SSSR count). The van der Waals surface area contributed by atoms with Gasteiger partial charge >= 0.3 is 13.7 Å². The van der Waals surface area contributed by atoms with Crippen molar-refractivity contribution in [3.8, 4) is 11.6 Å². The highest BCUT2D eigenvalue weighted by molar-refractivity contribution is 14.1. The number of benzene rings is 2. The first-order valence-corrected chi connectivity index (χ1v) is 17.8. The Morgan fingerprint density at radius 1 is 1.22 bits per heavy atom. The summed E-state index contributed by atoms with van der Waals surface area (Å²) in [4.78, 5) is 29.9. The predicted octanol–water partition coefficient (Wildman–Crippen LogP) is 3.78. The highest BCUT2D eigenvalue weighted by atomic mass is 127. The molecule has 3 aromatic heterocycles. The van der Waals surface area contributed by atoms with E-state index < -0.39 is 68.6 Å². The molecule has 20 heteroatoms. The number of hydrogen-bond donors (Lipinski definition) is 4. The number of hydrogen-bond acceptors (Lipinski definition) is 14. The van der Waals surface area contributed by atoms with Gasteiger partial charge in [0.2, 0.25) is 11.8 Å². The van der Waals surface area contributed by atoms with Crippen LogP contribution in [0.15, 0.2) is 54.7 Å². The molecule has 2 aromatic carbocycles. The van der Waals surface area contributed by atoms with Crippen LogP contribution >= 0.6 is 30.3 Å². The summed E-state index contributed by atoms with van der Waals surface area (Å²) in [5.74, 6) is -2.66. The molecule has 5 N–H and O–H groups in total. The highest BCUT2D eigenvalue weighted by Gasteiger charge is 2.55. The fourth-order valence-corrected chi connectivity index (χ4v) is 7.63. The van der Waals surface area contributed by atoms with E-state index in [0.717, 1.165) is 12.1 Å². The van der Waals surface area contributed by atoms with Crippen molar-refractivity contribution < 1.29 is 51.6 Å². The van der Waals surface area contributed by atoms with Gasteiger partial charge in [0.05, 0.1) is 19.2 Å². The Labute approximate surface area is 302 Å². The highest BCUT2D eigenvalue weighted by Crippen LogP contribution is 2.49. The van der Waals surface area contributed by atoms with Gasteiger partial charge < -0.3 is 34.7 Å². The van der Waals surface area contributed by atoms with Crippen LogP contribution in [0, 0.1) is 15.5 Å². The second-order valence-electron chi connectivity index (χ2n) is 11.6. The Morgan fingerprint density at radius 2 is 2.00 bits per heavy atom. The minimum atomic E-state index is -4.58. The van der Waals surface area contributed by atoms with E-state index in [9.17, 15) is 28.4 Å². The Morgan fingerprint density at radius 3 is 2.75 bits per heavy atom. The summed E-state index contributed by atoms with van der Waals surface area (Å²) in [5, 5.41) is 25.8. The standard InChI is InChI=1S/C31H31F2IN7O9P/c1-15(27(43)47-13-16-9-10-17(32)12-19(16)33)40-51(45,50-21-8-4-7-20-18(21)6-5-11-36-20)48-14-22-24(42)31(2,44)28(49-22)41-25-23(37-29(41)34)26(46-3)39-30(35)38-25/h4-12,15,22,24,28,42,44H,13-14H2,1-3H3,(H,40,45)(H2,35,38,39)/t15-,22+,24+,28+,31+,51?/m0/s1. The van der Waals surface area contributed by atoms with Gasteiger partial charge in [-0.3, -0.25) is 18.9 Å².